The van der Waals surface area contributed by atoms with E-state index < -0.39 is 22.5 Å². The van der Waals surface area contributed by atoms with Crippen molar-refractivity contribution in [2.75, 3.05) is 23.3 Å². The van der Waals surface area contributed by atoms with Crippen LogP contribution in [-0.2, 0) is 14.8 Å². The molecule has 0 aliphatic heterocycles. The quantitative estimate of drug-likeness (QED) is 0.392. The third-order valence-corrected chi connectivity index (χ3v) is 7.75. The summed E-state index contributed by atoms with van der Waals surface area (Å²) < 4.78 is 33.7. The Kier molecular flexibility index (Phi) is 7.71. The molecular weight excluding hydrogens is 539 g/mol. The highest BCUT2D eigenvalue weighted by molar-refractivity contribution is 9.10. The van der Waals surface area contributed by atoms with Crippen LogP contribution in [0.2, 0.25) is 10.0 Å². The number of hydrogen-bond donors (Lipinski definition) is 1. The molecule has 0 fully saturated rings. The molecule has 6 nitrogen and oxygen atoms in total. The molecule has 0 heterocycles. The number of methoxy groups -OCH3 is 1. The molecule has 1 amide bonds. The van der Waals surface area contributed by atoms with Gasteiger partial charge in [-0.1, -0.05) is 47.0 Å². The summed E-state index contributed by atoms with van der Waals surface area (Å²) in [4.78, 5) is 12.8. The minimum atomic E-state index is -4.09. The fourth-order valence-electron chi connectivity index (χ4n) is 2.88. The van der Waals surface area contributed by atoms with Crippen molar-refractivity contribution in [2.24, 2.45) is 0 Å². The van der Waals surface area contributed by atoms with Crippen molar-refractivity contribution in [3.63, 3.8) is 0 Å². The third-order valence-electron chi connectivity index (χ3n) is 4.55. The van der Waals surface area contributed by atoms with E-state index in [1.54, 1.807) is 42.5 Å². The summed E-state index contributed by atoms with van der Waals surface area (Å²) in [6, 6.07) is 16.0. The SMILES string of the molecule is COc1ccc(S(=O)(=O)N(CC(=O)Nc2cccc(Cl)c2Cl)c2ccc(C)cc2)cc1Br. The second kappa shape index (κ2) is 10.1. The Morgan fingerprint density at radius 2 is 1.78 bits per heavy atom. The Balaban J connectivity index is 1.98. The molecule has 0 aliphatic carbocycles. The Labute approximate surface area is 205 Å². The Hall–Kier alpha value is -2.26. The largest absolute Gasteiger partial charge is 0.496 e. The fraction of sp³-hybridized carbons (Fsp3) is 0.136. The lowest BCUT2D eigenvalue weighted by Gasteiger charge is -2.24. The molecule has 0 saturated carbocycles. The molecule has 0 bridgehead atoms. The molecule has 0 unspecified atom stereocenters. The van der Waals surface area contributed by atoms with E-state index in [2.05, 4.69) is 21.2 Å². The van der Waals surface area contributed by atoms with E-state index in [0.717, 1.165) is 9.87 Å². The Morgan fingerprint density at radius 3 is 2.41 bits per heavy atom. The smallest absolute Gasteiger partial charge is 0.264 e. The highest BCUT2D eigenvalue weighted by atomic mass is 79.9. The topological polar surface area (TPSA) is 75.7 Å². The van der Waals surface area contributed by atoms with Crippen LogP contribution in [-0.4, -0.2) is 28.0 Å². The van der Waals surface area contributed by atoms with Gasteiger partial charge in [-0.2, -0.15) is 0 Å². The molecule has 0 saturated heterocycles. The van der Waals surface area contributed by atoms with Gasteiger partial charge in [-0.15, -0.1) is 0 Å². The fourth-order valence-corrected chi connectivity index (χ4v) is 5.37. The van der Waals surface area contributed by atoms with Gasteiger partial charge in [0.1, 0.15) is 12.3 Å². The first-order chi connectivity index (χ1) is 15.1. The third kappa shape index (κ3) is 5.38. The van der Waals surface area contributed by atoms with Crippen molar-refractivity contribution >= 4 is 66.4 Å². The van der Waals surface area contributed by atoms with Crippen molar-refractivity contribution in [3.05, 3.63) is 80.7 Å². The summed E-state index contributed by atoms with van der Waals surface area (Å²) in [5.41, 5.74) is 1.58. The van der Waals surface area contributed by atoms with Gasteiger partial charge in [0.25, 0.3) is 10.0 Å². The molecule has 168 valence electrons. The van der Waals surface area contributed by atoms with Gasteiger partial charge in [-0.05, 0) is 65.3 Å². The van der Waals surface area contributed by atoms with Crippen LogP contribution in [0, 0.1) is 6.92 Å². The maximum absolute atomic E-state index is 13.5. The predicted octanol–water partition coefficient (Wildman–Crippen LogP) is 5.91. The van der Waals surface area contributed by atoms with Crippen LogP contribution < -0.4 is 14.4 Å². The summed E-state index contributed by atoms with van der Waals surface area (Å²) in [5.74, 6) is -0.0925. The molecule has 10 heteroatoms. The van der Waals surface area contributed by atoms with Gasteiger partial charge in [0, 0.05) is 0 Å². The summed E-state index contributed by atoms with van der Waals surface area (Å²) in [6.45, 7) is 1.41. The highest BCUT2D eigenvalue weighted by Gasteiger charge is 2.28. The number of carbonyl (C=O) groups excluding carboxylic acids is 1. The van der Waals surface area contributed by atoms with Crippen LogP contribution in [0.4, 0.5) is 11.4 Å². The van der Waals surface area contributed by atoms with E-state index in [9.17, 15) is 13.2 Å². The van der Waals surface area contributed by atoms with E-state index in [0.29, 0.717) is 15.9 Å². The second-order valence-electron chi connectivity index (χ2n) is 6.79. The van der Waals surface area contributed by atoms with Crippen LogP contribution >= 0.6 is 39.1 Å². The van der Waals surface area contributed by atoms with E-state index in [-0.39, 0.29) is 20.6 Å². The van der Waals surface area contributed by atoms with E-state index in [1.807, 2.05) is 6.92 Å². The lowest BCUT2D eigenvalue weighted by atomic mass is 10.2. The number of amides is 1. The van der Waals surface area contributed by atoms with Gasteiger partial charge in [0.05, 0.1) is 37.9 Å². The number of hydrogen-bond acceptors (Lipinski definition) is 4. The maximum Gasteiger partial charge on any atom is 0.264 e. The number of anilines is 2. The number of benzene rings is 3. The minimum absolute atomic E-state index is 0.000613. The number of aryl methyl sites for hydroxylation is 1. The molecule has 3 aromatic rings. The normalized spacial score (nSPS) is 11.2. The number of halogens is 3. The van der Waals surface area contributed by atoms with Gasteiger partial charge in [-0.25, -0.2) is 8.42 Å². The zero-order valence-electron chi connectivity index (χ0n) is 17.1. The van der Waals surface area contributed by atoms with Crippen molar-refractivity contribution in [1.29, 1.82) is 0 Å². The molecule has 0 spiro atoms. The van der Waals surface area contributed by atoms with Gasteiger partial charge >= 0.3 is 0 Å². The Morgan fingerprint density at radius 1 is 1.09 bits per heavy atom. The molecule has 0 aromatic heterocycles. The van der Waals surface area contributed by atoms with Crippen molar-refractivity contribution in [2.45, 2.75) is 11.8 Å². The number of sulfonamides is 1. The van der Waals surface area contributed by atoms with Crippen molar-refractivity contribution in [1.82, 2.24) is 0 Å². The summed E-state index contributed by atoms with van der Waals surface area (Å²) in [6.07, 6.45) is 0. The average molecular weight is 558 g/mol. The van der Waals surface area contributed by atoms with E-state index in [1.165, 1.54) is 25.3 Å². The molecule has 3 aromatic carbocycles. The molecule has 3 rings (SSSR count). The first kappa shape index (κ1) is 24.4. The second-order valence-corrected chi connectivity index (χ2v) is 10.3. The molecule has 0 aliphatic rings. The van der Waals surface area contributed by atoms with Gasteiger partial charge < -0.3 is 10.1 Å². The summed E-state index contributed by atoms with van der Waals surface area (Å²) in [5, 5.41) is 3.07. The number of nitrogens with zero attached hydrogens (tertiary/aromatic N) is 1. The minimum Gasteiger partial charge on any atom is -0.496 e. The lowest BCUT2D eigenvalue weighted by molar-refractivity contribution is -0.114. The van der Waals surface area contributed by atoms with Crippen molar-refractivity contribution < 1.29 is 17.9 Å². The van der Waals surface area contributed by atoms with Gasteiger partial charge in [0.15, 0.2) is 0 Å². The molecule has 32 heavy (non-hydrogen) atoms. The number of rotatable bonds is 7. The highest BCUT2D eigenvalue weighted by Crippen LogP contribution is 2.32. The first-order valence-electron chi connectivity index (χ1n) is 9.30. The van der Waals surface area contributed by atoms with Gasteiger partial charge in [0.2, 0.25) is 5.91 Å². The van der Waals surface area contributed by atoms with Gasteiger partial charge in [-0.3, -0.25) is 9.10 Å². The first-order valence-corrected chi connectivity index (χ1v) is 12.3. The van der Waals surface area contributed by atoms with Crippen LogP contribution in [0.5, 0.6) is 5.75 Å². The van der Waals surface area contributed by atoms with Crippen LogP contribution in [0.1, 0.15) is 5.56 Å². The molecule has 0 atom stereocenters. The average Bonchev–Trinajstić information content (AvgIpc) is 2.76. The van der Waals surface area contributed by atoms with Crippen LogP contribution in [0.15, 0.2) is 70.0 Å². The number of ether oxygens (including phenoxy) is 1. The zero-order valence-corrected chi connectivity index (χ0v) is 21.0. The lowest BCUT2D eigenvalue weighted by Crippen LogP contribution is -2.38. The summed E-state index contributed by atoms with van der Waals surface area (Å²) >= 11 is 15.5. The summed E-state index contributed by atoms with van der Waals surface area (Å²) in [7, 11) is -2.61. The van der Waals surface area contributed by atoms with E-state index in [4.69, 9.17) is 27.9 Å². The number of carbonyl (C=O) groups is 1. The maximum atomic E-state index is 13.5. The van der Waals surface area contributed by atoms with Crippen molar-refractivity contribution in [3.8, 4) is 5.75 Å². The van der Waals surface area contributed by atoms with Crippen LogP contribution in [0.25, 0.3) is 0 Å². The molecular formula is C22H19BrCl2N2O4S. The molecule has 1 N–H and O–H groups in total. The van der Waals surface area contributed by atoms with E-state index >= 15 is 0 Å². The monoisotopic (exact) mass is 556 g/mol. The zero-order chi connectivity index (χ0) is 23.5. The molecule has 0 radical (unpaired) electrons. The Bertz CT molecular complexity index is 1250. The number of nitrogens with one attached hydrogen (secondary N) is 1. The standard InChI is InChI=1S/C22H19BrCl2N2O4S/c1-14-6-8-15(9-7-14)27(13-21(28)26-19-5-3-4-18(24)22(19)25)32(29,30)16-10-11-20(31-2)17(23)12-16/h3-12H,13H2,1-2H3,(H,26,28). The van der Waals surface area contributed by atoms with Crippen LogP contribution in [0.3, 0.4) is 0 Å². The predicted molar refractivity (Wildman–Crippen MR) is 131 cm³/mol.